The number of benzene rings is 6. The smallest absolute Gasteiger partial charge is 0.326 e. The fourth-order valence-electron chi connectivity index (χ4n) is 7.26. The average molecular weight is 918 g/mol. The van der Waals surface area contributed by atoms with Crippen LogP contribution >= 0.6 is 0 Å². The van der Waals surface area contributed by atoms with Crippen LogP contribution in [0, 0.1) is 18.2 Å². The summed E-state index contributed by atoms with van der Waals surface area (Å²) in [6.45, 7) is 0. The summed E-state index contributed by atoms with van der Waals surface area (Å²) in [5, 5.41) is 5.34. The zero-order valence-electron chi connectivity index (χ0n) is 31.2. The SMILES string of the molecule is [Ir+3].[c-]1c2cccc1c1cccc(n1)c1[c-]c(c(C=Cc3ccc(N(c4ccccc4)c4ccccc4)cc3)cc1)c1cccc(n1)c1[c-]c(ccc1)c1cccc2n1. The molecular formula is C53H33IrN4. The van der Waals surface area contributed by atoms with E-state index < -0.39 is 0 Å². The predicted octanol–water partition coefficient (Wildman–Crippen LogP) is 13.5. The van der Waals surface area contributed by atoms with Gasteiger partial charge in [0, 0.05) is 17.1 Å². The average Bonchev–Trinajstić information content (AvgIpc) is 3.29. The minimum absolute atomic E-state index is 0. The monoisotopic (exact) mass is 918 g/mol. The summed E-state index contributed by atoms with van der Waals surface area (Å²) in [5.41, 5.74) is 10.3. The topological polar surface area (TPSA) is 41.9 Å². The number of rotatable bonds is 5. The summed E-state index contributed by atoms with van der Waals surface area (Å²) in [6, 6.07) is 75.2. The van der Waals surface area contributed by atoms with E-state index in [1.54, 1.807) is 0 Å². The summed E-state index contributed by atoms with van der Waals surface area (Å²) in [7, 11) is 0. The maximum atomic E-state index is 5.22. The van der Waals surface area contributed by atoms with Crippen LogP contribution in [0.2, 0.25) is 0 Å². The van der Waals surface area contributed by atoms with Gasteiger partial charge < -0.3 is 19.9 Å². The quantitative estimate of drug-likeness (QED) is 0.127. The van der Waals surface area contributed by atoms with E-state index in [0.717, 1.165) is 93.6 Å². The normalized spacial score (nSPS) is 11.2. The number of aromatic nitrogens is 3. The van der Waals surface area contributed by atoms with Crippen LogP contribution in [0.5, 0.6) is 0 Å². The first kappa shape index (κ1) is 36.6. The minimum atomic E-state index is 0. The molecule has 0 aliphatic heterocycles. The van der Waals surface area contributed by atoms with Crippen molar-refractivity contribution in [3.8, 4) is 0 Å². The minimum Gasteiger partial charge on any atom is -0.326 e. The van der Waals surface area contributed by atoms with E-state index in [0.29, 0.717) is 0 Å². The molecule has 0 aliphatic carbocycles. The molecular weight excluding hydrogens is 885 g/mol. The Morgan fingerprint density at radius 1 is 0.328 bits per heavy atom. The van der Waals surface area contributed by atoms with Crippen LogP contribution < -0.4 is 4.90 Å². The van der Waals surface area contributed by atoms with Crippen molar-refractivity contribution in [3.05, 3.63) is 217 Å². The van der Waals surface area contributed by atoms with Gasteiger partial charge in [0.2, 0.25) is 0 Å². The van der Waals surface area contributed by atoms with Crippen molar-refractivity contribution in [1.82, 2.24) is 15.0 Å². The van der Waals surface area contributed by atoms with E-state index in [9.17, 15) is 0 Å². The van der Waals surface area contributed by atoms with Crippen LogP contribution in [0.4, 0.5) is 17.1 Å². The molecule has 0 aliphatic rings. The van der Waals surface area contributed by atoms with Crippen LogP contribution in [0.25, 0.3) is 77.6 Å². The van der Waals surface area contributed by atoms with Crippen molar-refractivity contribution in [2.24, 2.45) is 0 Å². The number of para-hydroxylation sites is 2. The summed E-state index contributed by atoms with van der Waals surface area (Å²) in [6.07, 6.45) is 4.29. The molecule has 274 valence electrons. The van der Waals surface area contributed by atoms with Crippen LogP contribution in [0.3, 0.4) is 0 Å². The van der Waals surface area contributed by atoms with Crippen LogP contribution in [0.1, 0.15) is 11.1 Å². The van der Waals surface area contributed by atoms with Gasteiger partial charge in [-0.05, 0) is 75.1 Å². The Bertz CT molecular complexity index is 3200. The third-order valence-corrected chi connectivity index (χ3v) is 10.1. The molecule has 12 bridgehead atoms. The summed E-state index contributed by atoms with van der Waals surface area (Å²) in [4.78, 5) is 17.7. The molecule has 4 aromatic heterocycles. The number of pyridine rings is 3. The molecule has 0 fully saturated rings. The maximum absolute atomic E-state index is 5.22. The second kappa shape index (κ2) is 16.2. The Balaban J connectivity index is 0.00000436. The van der Waals surface area contributed by atoms with Crippen LogP contribution in [-0.4, -0.2) is 15.0 Å². The molecule has 10 aromatic rings. The molecule has 4 nitrogen and oxygen atoms in total. The van der Waals surface area contributed by atoms with Crippen molar-refractivity contribution < 1.29 is 20.1 Å². The fraction of sp³-hybridized carbons (Fsp3) is 0. The van der Waals surface area contributed by atoms with Crippen molar-refractivity contribution in [3.63, 3.8) is 0 Å². The maximum Gasteiger partial charge on any atom is 3.00 e. The Hall–Kier alpha value is -7.04. The standard InChI is InChI=1S/C53H33N4.Ir/c1-3-16-44(17-4-1)57(45-18-5-2-6-19-45)46-32-27-37(28-33-46)26-29-38-30-31-43-36-47(38)53-25-11-24-51(56-53)42-15-8-14-41(35-42)49-21-9-20-48(54-49)39-12-7-13-40(34-39)50-22-10-23-52(43)55-50;/h1-33H;/q-3;+3. The van der Waals surface area contributed by atoms with Crippen molar-refractivity contribution in [1.29, 1.82) is 0 Å². The third-order valence-electron chi connectivity index (χ3n) is 10.1. The summed E-state index contributed by atoms with van der Waals surface area (Å²) in [5.74, 6) is 0. The van der Waals surface area contributed by atoms with Gasteiger partial charge in [-0.15, -0.1) is 66.7 Å². The van der Waals surface area contributed by atoms with E-state index in [2.05, 4.69) is 126 Å². The molecule has 0 unspecified atom stereocenters. The number of hydrogen-bond acceptors (Lipinski definition) is 4. The molecule has 0 atom stereocenters. The molecule has 0 saturated heterocycles. The van der Waals surface area contributed by atoms with Crippen LogP contribution in [-0.2, 0) is 20.1 Å². The molecule has 10 rings (SSSR count). The summed E-state index contributed by atoms with van der Waals surface area (Å²) < 4.78 is 0. The Labute approximate surface area is 350 Å². The molecule has 5 heteroatoms. The van der Waals surface area contributed by atoms with Crippen molar-refractivity contribution in [2.75, 3.05) is 4.90 Å². The van der Waals surface area contributed by atoms with Crippen molar-refractivity contribution in [2.45, 2.75) is 0 Å². The van der Waals surface area contributed by atoms with Crippen molar-refractivity contribution >= 4 is 94.6 Å². The number of anilines is 3. The van der Waals surface area contributed by atoms with Gasteiger partial charge in [-0.2, -0.15) is 0 Å². The zero-order valence-corrected chi connectivity index (χ0v) is 33.6. The molecule has 0 N–H and O–H groups in total. The van der Waals surface area contributed by atoms with Gasteiger partial charge in [-0.1, -0.05) is 153 Å². The molecule has 58 heavy (non-hydrogen) atoms. The van der Waals surface area contributed by atoms with Gasteiger partial charge in [0.05, 0.1) is 0 Å². The second-order valence-corrected chi connectivity index (χ2v) is 13.8. The predicted molar refractivity (Wildman–Crippen MR) is 238 cm³/mol. The fourth-order valence-corrected chi connectivity index (χ4v) is 7.26. The summed E-state index contributed by atoms with van der Waals surface area (Å²) >= 11 is 0. The van der Waals surface area contributed by atoms with E-state index in [1.165, 1.54) is 0 Å². The Morgan fingerprint density at radius 2 is 0.724 bits per heavy atom. The Morgan fingerprint density at radius 3 is 1.21 bits per heavy atom. The van der Waals surface area contributed by atoms with Gasteiger partial charge in [0.15, 0.2) is 0 Å². The van der Waals surface area contributed by atoms with E-state index in [-0.39, 0.29) is 20.1 Å². The number of hydrogen-bond donors (Lipinski definition) is 0. The largest absolute Gasteiger partial charge is 3.00 e. The van der Waals surface area contributed by atoms with E-state index in [1.807, 2.05) is 97.1 Å². The van der Waals surface area contributed by atoms with Crippen LogP contribution in [0.15, 0.2) is 188 Å². The zero-order chi connectivity index (χ0) is 38.0. The van der Waals surface area contributed by atoms with Gasteiger partial charge in [-0.3, -0.25) is 0 Å². The molecule has 6 aromatic carbocycles. The van der Waals surface area contributed by atoms with E-state index >= 15 is 0 Å². The van der Waals surface area contributed by atoms with Gasteiger partial charge in [0.25, 0.3) is 0 Å². The number of fused-ring (bicyclic) bond motifs is 18. The molecule has 0 spiro atoms. The first-order chi connectivity index (χ1) is 28.2. The molecule has 4 heterocycles. The van der Waals surface area contributed by atoms with E-state index in [4.69, 9.17) is 15.0 Å². The molecule has 0 amide bonds. The Kier molecular flexibility index (Phi) is 10.2. The van der Waals surface area contributed by atoms with Gasteiger partial charge in [-0.25, -0.2) is 0 Å². The second-order valence-electron chi connectivity index (χ2n) is 13.8. The first-order valence-corrected chi connectivity index (χ1v) is 18.9. The molecule has 0 radical (unpaired) electrons. The third kappa shape index (κ3) is 7.45. The first-order valence-electron chi connectivity index (χ1n) is 18.9. The van der Waals surface area contributed by atoms with Gasteiger partial charge in [0.1, 0.15) is 0 Å². The number of nitrogens with zero attached hydrogens (tertiary/aromatic N) is 4. The molecule has 0 saturated carbocycles. The van der Waals surface area contributed by atoms with Gasteiger partial charge >= 0.3 is 20.1 Å².